The van der Waals surface area contributed by atoms with Gasteiger partial charge in [0.15, 0.2) is 6.73 Å². The molecule has 0 bridgehead atoms. The number of carbonyl (C=O) groups is 1. The number of nitrogens with zero attached hydrogens (tertiary/aromatic N) is 2. The molecule has 2 aromatic rings. The molecule has 1 aromatic carbocycles. The second-order valence-electron chi connectivity index (χ2n) is 5.87. The molecular formula is C19H24N2O2. The predicted molar refractivity (Wildman–Crippen MR) is 91.2 cm³/mol. The highest BCUT2D eigenvalue weighted by atomic mass is 16.5. The maximum absolute atomic E-state index is 11.8. The van der Waals surface area contributed by atoms with E-state index in [0.29, 0.717) is 5.57 Å². The highest BCUT2D eigenvalue weighted by Crippen LogP contribution is 2.26. The minimum atomic E-state index is -0.300. The number of allylic oxidation sites excluding steroid dienone is 1. The molecular weight excluding hydrogens is 288 g/mol. The Kier molecular flexibility index (Phi) is 5.37. The smallest absolute Gasteiger partial charge is 0.335 e. The second-order valence-corrected chi connectivity index (χ2v) is 5.87. The Bertz CT molecular complexity index is 729. The minimum absolute atomic E-state index is 0.131. The van der Waals surface area contributed by atoms with Crippen LogP contribution in [0, 0.1) is 13.8 Å². The number of carbonyl (C=O) groups excluding carboxylic acids is 1. The van der Waals surface area contributed by atoms with Gasteiger partial charge in [0.25, 0.3) is 0 Å². The first-order valence-corrected chi connectivity index (χ1v) is 7.82. The van der Waals surface area contributed by atoms with Gasteiger partial charge in [-0.1, -0.05) is 36.8 Å². The first-order valence-electron chi connectivity index (χ1n) is 7.82. The summed E-state index contributed by atoms with van der Waals surface area (Å²) >= 11 is 0. The number of benzene rings is 1. The zero-order valence-electron chi connectivity index (χ0n) is 14.5. The van der Waals surface area contributed by atoms with Gasteiger partial charge in [-0.05, 0) is 38.8 Å². The molecule has 4 heteroatoms. The van der Waals surface area contributed by atoms with Gasteiger partial charge in [0.05, 0.1) is 0 Å². The Balaban J connectivity index is 2.20. The van der Waals surface area contributed by atoms with Gasteiger partial charge in [-0.25, -0.2) is 9.78 Å². The fraction of sp³-hybridized carbons (Fsp3) is 0.368. The number of aryl methyl sites for hydroxylation is 2. The van der Waals surface area contributed by atoms with Crippen molar-refractivity contribution in [3.63, 3.8) is 0 Å². The van der Waals surface area contributed by atoms with E-state index in [1.807, 2.05) is 17.7 Å². The number of aromatic nitrogens is 2. The normalized spacial score (nSPS) is 13.0. The van der Waals surface area contributed by atoms with Crippen LogP contribution in [0.15, 0.2) is 42.2 Å². The van der Waals surface area contributed by atoms with E-state index in [4.69, 9.17) is 4.74 Å². The third-order valence-corrected chi connectivity index (χ3v) is 4.13. The quantitative estimate of drug-likeness (QED) is 0.616. The van der Waals surface area contributed by atoms with Gasteiger partial charge in [0.1, 0.15) is 5.82 Å². The molecule has 23 heavy (non-hydrogen) atoms. The molecule has 0 aliphatic rings. The molecule has 0 saturated heterocycles. The lowest BCUT2D eigenvalue weighted by Gasteiger charge is -2.17. The largest absolute Gasteiger partial charge is 0.441 e. The molecule has 1 aromatic heterocycles. The lowest BCUT2D eigenvalue weighted by atomic mass is 9.94. The van der Waals surface area contributed by atoms with Crippen LogP contribution in [0.5, 0.6) is 0 Å². The van der Waals surface area contributed by atoms with Crippen molar-refractivity contribution in [2.45, 2.75) is 47.3 Å². The Morgan fingerprint density at radius 1 is 1.39 bits per heavy atom. The van der Waals surface area contributed by atoms with Crippen molar-refractivity contribution in [1.82, 2.24) is 9.55 Å². The lowest BCUT2D eigenvalue weighted by molar-refractivity contribution is -0.142. The molecule has 2 rings (SSSR count). The maximum atomic E-state index is 11.8. The van der Waals surface area contributed by atoms with Gasteiger partial charge in [-0.2, -0.15) is 0 Å². The first kappa shape index (κ1) is 17.0. The van der Waals surface area contributed by atoms with Crippen molar-refractivity contribution in [3.05, 3.63) is 64.8 Å². The molecule has 0 spiro atoms. The zero-order valence-corrected chi connectivity index (χ0v) is 14.5. The first-order chi connectivity index (χ1) is 10.9. The van der Waals surface area contributed by atoms with Crippen LogP contribution in [0.2, 0.25) is 0 Å². The summed E-state index contributed by atoms with van der Waals surface area (Å²) in [4.78, 5) is 16.3. The summed E-state index contributed by atoms with van der Waals surface area (Å²) in [5.74, 6) is 0.725. The molecule has 1 heterocycles. The molecule has 122 valence electrons. The van der Waals surface area contributed by atoms with E-state index in [9.17, 15) is 4.79 Å². The van der Waals surface area contributed by atoms with Gasteiger partial charge in [-0.15, -0.1) is 0 Å². The Labute approximate surface area is 137 Å². The summed E-state index contributed by atoms with van der Waals surface area (Å²) in [6, 6.07) is 6.43. The summed E-state index contributed by atoms with van der Waals surface area (Å²) in [7, 11) is 0. The summed E-state index contributed by atoms with van der Waals surface area (Å²) in [6.45, 7) is 10.1. The summed E-state index contributed by atoms with van der Waals surface area (Å²) in [5.41, 5.74) is 4.31. The van der Waals surface area contributed by atoms with Gasteiger partial charge >= 0.3 is 5.97 Å². The van der Waals surface area contributed by atoms with Crippen LogP contribution >= 0.6 is 0 Å². The van der Waals surface area contributed by atoms with E-state index in [1.165, 1.54) is 16.7 Å². The average molecular weight is 312 g/mol. The van der Waals surface area contributed by atoms with Crippen LogP contribution in [0.3, 0.4) is 0 Å². The summed E-state index contributed by atoms with van der Waals surface area (Å²) < 4.78 is 7.22. The molecule has 0 radical (unpaired) electrons. The van der Waals surface area contributed by atoms with E-state index in [0.717, 1.165) is 5.82 Å². The molecule has 1 unspecified atom stereocenters. The van der Waals surface area contributed by atoms with Crippen molar-refractivity contribution < 1.29 is 9.53 Å². The molecule has 4 nitrogen and oxygen atoms in total. The minimum Gasteiger partial charge on any atom is -0.441 e. The molecule has 0 saturated carbocycles. The SMILES string of the molecule is C/C=C(\C)C(=O)OCn1ccnc1C(C)c1cc(C)ccc1C. The monoisotopic (exact) mass is 312 g/mol. The molecule has 0 aliphatic carbocycles. The van der Waals surface area contributed by atoms with Crippen LogP contribution in [-0.2, 0) is 16.3 Å². The second kappa shape index (κ2) is 7.27. The van der Waals surface area contributed by atoms with Crippen LogP contribution < -0.4 is 0 Å². The van der Waals surface area contributed by atoms with E-state index < -0.39 is 0 Å². The van der Waals surface area contributed by atoms with Crippen LogP contribution in [0.1, 0.15) is 49.2 Å². The van der Waals surface area contributed by atoms with Gasteiger partial charge < -0.3 is 9.30 Å². The molecule has 0 aliphatic heterocycles. The number of hydrogen-bond donors (Lipinski definition) is 0. The summed E-state index contributed by atoms with van der Waals surface area (Å²) in [6.07, 6.45) is 5.33. The Morgan fingerprint density at radius 3 is 2.83 bits per heavy atom. The molecule has 0 fully saturated rings. The van der Waals surface area contributed by atoms with Crippen LogP contribution in [-0.4, -0.2) is 15.5 Å². The number of hydrogen-bond acceptors (Lipinski definition) is 3. The number of imidazole rings is 1. The fourth-order valence-corrected chi connectivity index (χ4v) is 2.54. The van der Waals surface area contributed by atoms with Crippen LogP contribution in [0.25, 0.3) is 0 Å². The molecule has 1 atom stereocenters. The van der Waals surface area contributed by atoms with E-state index in [-0.39, 0.29) is 18.6 Å². The van der Waals surface area contributed by atoms with Gasteiger partial charge in [-0.3, -0.25) is 0 Å². The van der Waals surface area contributed by atoms with Crippen LogP contribution in [0.4, 0.5) is 0 Å². The third-order valence-electron chi connectivity index (χ3n) is 4.13. The topological polar surface area (TPSA) is 44.1 Å². The third kappa shape index (κ3) is 3.89. The van der Waals surface area contributed by atoms with Crippen molar-refractivity contribution >= 4 is 5.97 Å². The number of esters is 1. The predicted octanol–water partition coefficient (Wildman–Crippen LogP) is 4.12. The molecule has 0 amide bonds. The molecule has 0 N–H and O–H groups in total. The van der Waals surface area contributed by atoms with Crippen molar-refractivity contribution in [1.29, 1.82) is 0 Å². The average Bonchev–Trinajstić information content (AvgIpc) is 3.01. The number of ether oxygens (including phenoxy) is 1. The van der Waals surface area contributed by atoms with Gasteiger partial charge in [0.2, 0.25) is 0 Å². The number of rotatable bonds is 5. The van der Waals surface area contributed by atoms with E-state index in [1.54, 1.807) is 19.2 Å². The van der Waals surface area contributed by atoms with Crippen molar-refractivity contribution in [2.75, 3.05) is 0 Å². The highest BCUT2D eigenvalue weighted by Gasteiger charge is 2.17. The van der Waals surface area contributed by atoms with Crippen molar-refractivity contribution in [2.24, 2.45) is 0 Å². The zero-order chi connectivity index (χ0) is 17.0. The Hall–Kier alpha value is -2.36. The van der Waals surface area contributed by atoms with Gasteiger partial charge in [0, 0.05) is 23.9 Å². The van der Waals surface area contributed by atoms with E-state index in [2.05, 4.69) is 44.0 Å². The van der Waals surface area contributed by atoms with E-state index >= 15 is 0 Å². The lowest BCUT2D eigenvalue weighted by Crippen LogP contribution is -2.14. The standard InChI is InChI=1S/C19H24N2O2/c1-6-14(3)19(22)23-12-21-10-9-20-18(21)16(5)17-11-13(2)7-8-15(17)4/h6-11,16H,12H2,1-5H3/b14-6+. The maximum Gasteiger partial charge on any atom is 0.335 e. The summed E-state index contributed by atoms with van der Waals surface area (Å²) in [5, 5.41) is 0. The van der Waals surface area contributed by atoms with Crippen molar-refractivity contribution in [3.8, 4) is 0 Å². The highest BCUT2D eigenvalue weighted by molar-refractivity contribution is 5.87. The fourth-order valence-electron chi connectivity index (χ4n) is 2.54. The Morgan fingerprint density at radius 2 is 2.13 bits per heavy atom.